The van der Waals surface area contributed by atoms with E-state index >= 15 is 0 Å². The molecule has 2 rings (SSSR count). The Balaban J connectivity index is 2.09. The Labute approximate surface area is 107 Å². The molecule has 0 saturated carbocycles. The van der Waals surface area contributed by atoms with Gasteiger partial charge < -0.3 is 14.6 Å². The molecule has 1 aromatic heterocycles. The molecule has 1 aliphatic heterocycles. The monoisotopic (exact) mass is 252 g/mol. The number of rotatable bonds is 4. The van der Waals surface area contributed by atoms with Crippen molar-refractivity contribution in [3.8, 4) is 11.5 Å². The van der Waals surface area contributed by atoms with E-state index in [4.69, 9.17) is 9.47 Å². The molecule has 1 aromatic rings. The Morgan fingerprint density at radius 2 is 2.06 bits per heavy atom. The van der Waals surface area contributed by atoms with Gasteiger partial charge in [0.05, 0.1) is 20.3 Å². The van der Waals surface area contributed by atoms with Crippen LogP contribution in [0.15, 0.2) is 12.3 Å². The molecule has 18 heavy (non-hydrogen) atoms. The number of methoxy groups -OCH3 is 2. The van der Waals surface area contributed by atoms with Gasteiger partial charge in [0.1, 0.15) is 5.69 Å². The summed E-state index contributed by atoms with van der Waals surface area (Å²) in [5.41, 5.74) is 0.883. The summed E-state index contributed by atoms with van der Waals surface area (Å²) in [5.74, 6) is 1.41. The first-order valence-corrected chi connectivity index (χ1v) is 6.21. The highest BCUT2D eigenvalue weighted by atomic mass is 16.5. The molecule has 0 aliphatic carbocycles. The van der Waals surface area contributed by atoms with E-state index < -0.39 is 0 Å². The largest absolute Gasteiger partial charge is 0.493 e. The lowest BCUT2D eigenvalue weighted by molar-refractivity contribution is 0.0782. The third-order valence-electron chi connectivity index (χ3n) is 3.30. The molecule has 1 saturated heterocycles. The average molecular weight is 252 g/mol. The van der Waals surface area contributed by atoms with Crippen molar-refractivity contribution in [1.29, 1.82) is 0 Å². The van der Waals surface area contributed by atoms with Gasteiger partial charge in [-0.3, -0.25) is 9.88 Å². The van der Waals surface area contributed by atoms with Crippen LogP contribution in [0.2, 0.25) is 0 Å². The van der Waals surface area contributed by atoms with Gasteiger partial charge in [-0.05, 0) is 12.8 Å². The number of aliphatic hydroxyl groups excluding tert-OH is 1. The number of pyridine rings is 1. The predicted molar refractivity (Wildman–Crippen MR) is 67.9 cm³/mol. The summed E-state index contributed by atoms with van der Waals surface area (Å²) in [4.78, 5) is 6.64. The lowest BCUT2D eigenvalue weighted by atomic mass is 10.1. The van der Waals surface area contributed by atoms with Gasteiger partial charge in [-0.1, -0.05) is 0 Å². The van der Waals surface area contributed by atoms with Crippen LogP contribution in [0.3, 0.4) is 0 Å². The van der Waals surface area contributed by atoms with Gasteiger partial charge in [0.15, 0.2) is 11.5 Å². The minimum Gasteiger partial charge on any atom is -0.493 e. The van der Waals surface area contributed by atoms with Crippen LogP contribution in [-0.4, -0.2) is 48.4 Å². The second-order valence-electron chi connectivity index (χ2n) is 4.50. The fraction of sp³-hybridized carbons (Fsp3) is 0.615. The highest BCUT2D eigenvalue weighted by Crippen LogP contribution is 2.30. The quantitative estimate of drug-likeness (QED) is 0.868. The van der Waals surface area contributed by atoms with Gasteiger partial charge in [0, 0.05) is 31.9 Å². The number of hydrogen-bond donors (Lipinski definition) is 1. The molecular weight excluding hydrogens is 232 g/mol. The molecule has 0 unspecified atom stereocenters. The molecule has 0 atom stereocenters. The molecular formula is C13H20N2O3. The van der Waals surface area contributed by atoms with Crippen molar-refractivity contribution in [2.75, 3.05) is 27.3 Å². The van der Waals surface area contributed by atoms with Crippen LogP contribution in [0.25, 0.3) is 0 Å². The number of piperidine rings is 1. The van der Waals surface area contributed by atoms with E-state index in [2.05, 4.69) is 9.88 Å². The minimum absolute atomic E-state index is 0.151. The first-order valence-electron chi connectivity index (χ1n) is 6.21. The van der Waals surface area contributed by atoms with Gasteiger partial charge >= 0.3 is 0 Å². The van der Waals surface area contributed by atoms with Gasteiger partial charge in [-0.25, -0.2) is 0 Å². The maximum absolute atomic E-state index is 9.49. The topological polar surface area (TPSA) is 54.8 Å². The van der Waals surface area contributed by atoms with Crippen molar-refractivity contribution in [1.82, 2.24) is 9.88 Å². The summed E-state index contributed by atoms with van der Waals surface area (Å²) in [6, 6.07) is 1.79. The molecule has 0 aromatic carbocycles. The van der Waals surface area contributed by atoms with E-state index in [1.807, 2.05) is 0 Å². The van der Waals surface area contributed by atoms with Crippen LogP contribution in [0, 0.1) is 0 Å². The Kier molecular flexibility index (Phi) is 4.38. The van der Waals surface area contributed by atoms with E-state index in [1.165, 1.54) is 0 Å². The molecule has 100 valence electrons. The Morgan fingerprint density at radius 1 is 1.33 bits per heavy atom. The summed E-state index contributed by atoms with van der Waals surface area (Å²) in [6.07, 6.45) is 3.23. The van der Waals surface area contributed by atoms with Crippen LogP contribution in [-0.2, 0) is 6.54 Å². The molecule has 1 fully saturated rings. The SMILES string of the molecule is COc1ccnc(CN2CCC(O)CC2)c1OC. The molecule has 5 nitrogen and oxygen atoms in total. The number of ether oxygens (including phenoxy) is 2. The predicted octanol–water partition coefficient (Wildman–Crippen LogP) is 1.06. The third-order valence-corrected chi connectivity index (χ3v) is 3.30. The first kappa shape index (κ1) is 13.1. The van der Waals surface area contributed by atoms with Crippen molar-refractivity contribution >= 4 is 0 Å². The normalized spacial score (nSPS) is 17.7. The van der Waals surface area contributed by atoms with Gasteiger partial charge in [0.25, 0.3) is 0 Å². The van der Waals surface area contributed by atoms with Crippen molar-refractivity contribution in [3.63, 3.8) is 0 Å². The molecule has 0 bridgehead atoms. The average Bonchev–Trinajstić information content (AvgIpc) is 2.41. The molecule has 0 radical (unpaired) electrons. The Morgan fingerprint density at radius 3 is 2.67 bits per heavy atom. The standard InChI is InChI=1S/C13H20N2O3/c1-17-12-3-6-14-11(13(12)18-2)9-15-7-4-10(16)5-8-15/h3,6,10,16H,4-5,7-9H2,1-2H3. The van der Waals surface area contributed by atoms with Crippen LogP contribution in [0.1, 0.15) is 18.5 Å². The first-order chi connectivity index (χ1) is 8.74. The zero-order chi connectivity index (χ0) is 13.0. The second kappa shape index (κ2) is 6.02. The molecule has 5 heteroatoms. The van der Waals surface area contributed by atoms with Crippen molar-refractivity contribution in [2.45, 2.75) is 25.5 Å². The number of likely N-dealkylation sites (tertiary alicyclic amines) is 1. The van der Waals surface area contributed by atoms with E-state index in [0.717, 1.165) is 38.2 Å². The van der Waals surface area contributed by atoms with Gasteiger partial charge in [-0.15, -0.1) is 0 Å². The van der Waals surface area contributed by atoms with Crippen LogP contribution in [0.4, 0.5) is 0 Å². The van der Waals surface area contributed by atoms with E-state index in [0.29, 0.717) is 11.5 Å². The summed E-state index contributed by atoms with van der Waals surface area (Å²) < 4.78 is 10.6. The zero-order valence-corrected chi connectivity index (χ0v) is 10.9. The number of nitrogens with zero attached hydrogens (tertiary/aromatic N) is 2. The van der Waals surface area contributed by atoms with E-state index in [9.17, 15) is 5.11 Å². The summed E-state index contributed by atoms with van der Waals surface area (Å²) in [5, 5.41) is 9.49. The summed E-state index contributed by atoms with van der Waals surface area (Å²) >= 11 is 0. The van der Waals surface area contributed by atoms with Crippen LogP contribution < -0.4 is 9.47 Å². The molecule has 2 heterocycles. The molecule has 1 aliphatic rings. The highest BCUT2D eigenvalue weighted by Gasteiger charge is 2.20. The third kappa shape index (κ3) is 2.91. The fourth-order valence-electron chi connectivity index (χ4n) is 2.25. The Hall–Kier alpha value is -1.33. The zero-order valence-electron chi connectivity index (χ0n) is 10.9. The van der Waals surface area contributed by atoms with E-state index in [-0.39, 0.29) is 6.10 Å². The van der Waals surface area contributed by atoms with Crippen LogP contribution in [0.5, 0.6) is 11.5 Å². The van der Waals surface area contributed by atoms with Gasteiger partial charge in [-0.2, -0.15) is 0 Å². The number of aromatic nitrogens is 1. The van der Waals surface area contributed by atoms with Crippen molar-refractivity contribution < 1.29 is 14.6 Å². The summed E-state index contributed by atoms with van der Waals surface area (Å²) in [6.45, 7) is 2.51. The molecule has 0 spiro atoms. The Bertz CT molecular complexity index is 390. The smallest absolute Gasteiger partial charge is 0.183 e. The lowest BCUT2D eigenvalue weighted by Gasteiger charge is -2.29. The lowest BCUT2D eigenvalue weighted by Crippen LogP contribution is -2.35. The molecule has 1 N–H and O–H groups in total. The van der Waals surface area contributed by atoms with Crippen molar-refractivity contribution in [3.05, 3.63) is 18.0 Å². The maximum Gasteiger partial charge on any atom is 0.183 e. The maximum atomic E-state index is 9.49. The molecule has 0 amide bonds. The summed E-state index contributed by atoms with van der Waals surface area (Å²) in [7, 11) is 3.25. The number of hydrogen-bond acceptors (Lipinski definition) is 5. The van der Waals surface area contributed by atoms with E-state index in [1.54, 1.807) is 26.5 Å². The van der Waals surface area contributed by atoms with Crippen LogP contribution >= 0.6 is 0 Å². The minimum atomic E-state index is -0.151. The fourth-order valence-corrected chi connectivity index (χ4v) is 2.25. The number of aliphatic hydroxyl groups is 1. The van der Waals surface area contributed by atoms with Crippen molar-refractivity contribution in [2.24, 2.45) is 0 Å². The second-order valence-corrected chi connectivity index (χ2v) is 4.50. The highest BCUT2D eigenvalue weighted by molar-refractivity contribution is 5.42. The van der Waals surface area contributed by atoms with Gasteiger partial charge in [0.2, 0.25) is 0 Å².